The zero-order chi connectivity index (χ0) is 12.3. The van der Waals surface area contributed by atoms with Crippen LogP contribution < -0.4 is 5.32 Å². The van der Waals surface area contributed by atoms with Gasteiger partial charge in [-0.3, -0.25) is 0 Å². The van der Waals surface area contributed by atoms with Crippen LogP contribution in [0.3, 0.4) is 0 Å². The Balaban J connectivity index is 2.19. The molecule has 90 valence electrons. The van der Waals surface area contributed by atoms with Crippen molar-refractivity contribution in [1.82, 2.24) is 14.9 Å². The molecule has 17 heavy (non-hydrogen) atoms. The van der Waals surface area contributed by atoms with Gasteiger partial charge in [0.05, 0.1) is 18.1 Å². The van der Waals surface area contributed by atoms with Crippen molar-refractivity contribution in [2.45, 2.75) is 19.4 Å². The lowest BCUT2D eigenvalue weighted by atomic mass is 10.0. The zero-order valence-electron chi connectivity index (χ0n) is 10.6. The lowest BCUT2D eigenvalue weighted by Crippen LogP contribution is -2.21. The molecule has 0 bridgehead atoms. The Hall–Kier alpha value is -1.61. The van der Waals surface area contributed by atoms with E-state index in [0.717, 1.165) is 6.42 Å². The van der Waals surface area contributed by atoms with Gasteiger partial charge in [0.1, 0.15) is 0 Å². The van der Waals surface area contributed by atoms with Crippen LogP contribution in [0.2, 0.25) is 0 Å². The molecule has 0 amide bonds. The predicted octanol–water partition coefficient (Wildman–Crippen LogP) is 2.23. The van der Waals surface area contributed by atoms with Crippen molar-refractivity contribution in [3.05, 3.63) is 53.6 Å². The third kappa shape index (κ3) is 2.74. The van der Waals surface area contributed by atoms with Gasteiger partial charge in [0.2, 0.25) is 0 Å². The van der Waals surface area contributed by atoms with E-state index >= 15 is 0 Å². The van der Waals surface area contributed by atoms with Gasteiger partial charge in [-0.2, -0.15) is 0 Å². The summed E-state index contributed by atoms with van der Waals surface area (Å²) in [5.41, 5.74) is 3.88. The van der Waals surface area contributed by atoms with Crippen LogP contribution in [0.1, 0.15) is 22.9 Å². The second kappa shape index (κ2) is 5.15. The van der Waals surface area contributed by atoms with Crippen LogP contribution in [0.5, 0.6) is 0 Å². The average molecular weight is 229 g/mol. The number of benzene rings is 1. The molecule has 0 radical (unpaired) electrons. The lowest BCUT2D eigenvalue weighted by Gasteiger charge is -2.17. The van der Waals surface area contributed by atoms with E-state index in [4.69, 9.17) is 0 Å². The van der Waals surface area contributed by atoms with Crippen molar-refractivity contribution < 1.29 is 0 Å². The highest BCUT2D eigenvalue weighted by molar-refractivity contribution is 5.24. The topological polar surface area (TPSA) is 29.9 Å². The van der Waals surface area contributed by atoms with Gasteiger partial charge in [0, 0.05) is 13.2 Å². The third-order valence-corrected chi connectivity index (χ3v) is 3.08. The Morgan fingerprint density at radius 2 is 2.24 bits per heavy atom. The normalized spacial score (nSPS) is 12.6. The van der Waals surface area contributed by atoms with Gasteiger partial charge >= 0.3 is 0 Å². The van der Waals surface area contributed by atoms with Crippen molar-refractivity contribution in [3.8, 4) is 0 Å². The van der Waals surface area contributed by atoms with Crippen molar-refractivity contribution in [1.29, 1.82) is 0 Å². The van der Waals surface area contributed by atoms with Gasteiger partial charge in [-0.05, 0) is 26.0 Å². The highest BCUT2D eigenvalue weighted by Crippen LogP contribution is 2.17. The Morgan fingerprint density at radius 1 is 1.41 bits per heavy atom. The molecule has 1 heterocycles. The summed E-state index contributed by atoms with van der Waals surface area (Å²) in [6.45, 7) is 2.13. The van der Waals surface area contributed by atoms with E-state index < -0.39 is 0 Å². The number of nitrogens with one attached hydrogen (secondary N) is 1. The van der Waals surface area contributed by atoms with Gasteiger partial charge in [-0.15, -0.1) is 0 Å². The quantitative estimate of drug-likeness (QED) is 0.871. The molecular formula is C14H19N3. The molecule has 1 aromatic heterocycles. The molecule has 0 saturated carbocycles. The molecule has 0 aliphatic carbocycles. The number of likely N-dealkylation sites (N-methyl/N-ethyl adjacent to an activating group) is 1. The van der Waals surface area contributed by atoms with Gasteiger partial charge in [0.25, 0.3) is 0 Å². The second-order valence-electron chi connectivity index (χ2n) is 4.46. The second-order valence-corrected chi connectivity index (χ2v) is 4.46. The van der Waals surface area contributed by atoms with Gasteiger partial charge in [-0.1, -0.05) is 29.8 Å². The first-order chi connectivity index (χ1) is 8.20. The summed E-state index contributed by atoms with van der Waals surface area (Å²) in [6.07, 6.45) is 4.75. The molecule has 2 rings (SSSR count). The molecule has 0 aliphatic rings. The maximum atomic E-state index is 4.17. The molecular weight excluding hydrogens is 210 g/mol. The fraction of sp³-hybridized carbons (Fsp3) is 0.357. The van der Waals surface area contributed by atoms with E-state index in [0.29, 0.717) is 6.04 Å². The van der Waals surface area contributed by atoms with Crippen molar-refractivity contribution >= 4 is 0 Å². The first kappa shape index (κ1) is 11.9. The van der Waals surface area contributed by atoms with E-state index in [-0.39, 0.29) is 0 Å². The van der Waals surface area contributed by atoms with Gasteiger partial charge < -0.3 is 9.88 Å². The number of aromatic nitrogens is 2. The smallest absolute Gasteiger partial charge is 0.0946 e. The molecule has 2 aromatic rings. The Kier molecular flexibility index (Phi) is 3.59. The fourth-order valence-electron chi connectivity index (χ4n) is 2.13. The van der Waals surface area contributed by atoms with Crippen molar-refractivity contribution in [2.75, 3.05) is 7.05 Å². The lowest BCUT2D eigenvalue weighted by molar-refractivity contribution is 0.555. The summed E-state index contributed by atoms with van der Waals surface area (Å²) in [7, 11) is 4.02. The molecule has 0 spiro atoms. The maximum Gasteiger partial charge on any atom is 0.0946 e. The first-order valence-electron chi connectivity index (χ1n) is 5.89. The number of aryl methyl sites for hydroxylation is 2. The molecule has 0 fully saturated rings. The number of hydrogen-bond acceptors (Lipinski definition) is 2. The minimum atomic E-state index is 0.310. The van der Waals surface area contributed by atoms with Gasteiger partial charge in [0.15, 0.2) is 0 Å². The highest BCUT2D eigenvalue weighted by atomic mass is 15.1. The molecule has 3 heteroatoms. The summed E-state index contributed by atoms with van der Waals surface area (Å²) in [5.74, 6) is 0. The molecule has 3 nitrogen and oxygen atoms in total. The minimum Gasteiger partial charge on any atom is -0.336 e. The summed E-state index contributed by atoms with van der Waals surface area (Å²) in [6, 6.07) is 8.96. The van der Waals surface area contributed by atoms with Crippen molar-refractivity contribution in [2.24, 2.45) is 7.05 Å². The Morgan fingerprint density at radius 3 is 2.82 bits per heavy atom. The highest BCUT2D eigenvalue weighted by Gasteiger charge is 2.13. The van der Waals surface area contributed by atoms with Crippen molar-refractivity contribution in [3.63, 3.8) is 0 Å². The standard InChI is InChI=1S/C14H19N3/c1-11-5-4-6-12(7-11)8-13(15-2)14-9-16-10-17(14)3/h4-7,9-10,13,15H,8H2,1-3H3. The third-order valence-electron chi connectivity index (χ3n) is 3.08. The minimum absolute atomic E-state index is 0.310. The number of rotatable bonds is 4. The SMILES string of the molecule is CNC(Cc1cccc(C)c1)c1cncn1C. The molecule has 1 unspecified atom stereocenters. The van der Waals surface area contributed by atoms with E-state index in [2.05, 4.69) is 46.1 Å². The van der Waals surface area contributed by atoms with Crippen LogP contribution in [0, 0.1) is 6.92 Å². The Labute approximate surface area is 103 Å². The fourth-order valence-corrected chi connectivity index (χ4v) is 2.13. The van der Waals surface area contributed by atoms with Crippen LogP contribution in [-0.2, 0) is 13.5 Å². The molecule has 0 saturated heterocycles. The molecule has 1 N–H and O–H groups in total. The number of nitrogens with zero attached hydrogens (tertiary/aromatic N) is 2. The van der Waals surface area contributed by atoms with E-state index in [1.54, 1.807) is 0 Å². The monoisotopic (exact) mass is 229 g/mol. The molecule has 1 atom stereocenters. The number of imidazole rings is 1. The van der Waals surface area contributed by atoms with Gasteiger partial charge in [-0.25, -0.2) is 4.98 Å². The zero-order valence-corrected chi connectivity index (χ0v) is 10.6. The summed E-state index contributed by atoms with van der Waals surface area (Å²) >= 11 is 0. The largest absolute Gasteiger partial charge is 0.336 e. The van der Waals surface area contributed by atoms with Crippen LogP contribution in [0.4, 0.5) is 0 Å². The average Bonchev–Trinajstić information content (AvgIpc) is 2.72. The first-order valence-corrected chi connectivity index (χ1v) is 5.89. The van der Waals surface area contributed by atoms with E-state index in [1.807, 2.05) is 26.6 Å². The van der Waals surface area contributed by atoms with E-state index in [9.17, 15) is 0 Å². The molecule has 1 aromatic carbocycles. The van der Waals surface area contributed by atoms with Crippen LogP contribution in [0.25, 0.3) is 0 Å². The number of hydrogen-bond donors (Lipinski definition) is 1. The predicted molar refractivity (Wildman–Crippen MR) is 69.9 cm³/mol. The summed E-state index contributed by atoms with van der Waals surface area (Å²) in [5, 5.41) is 3.35. The molecule has 0 aliphatic heterocycles. The van der Waals surface area contributed by atoms with Crippen LogP contribution >= 0.6 is 0 Å². The summed E-state index contributed by atoms with van der Waals surface area (Å²) in [4.78, 5) is 4.17. The van der Waals surface area contributed by atoms with Crippen LogP contribution in [-0.4, -0.2) is 16.6 Å². The Bertz CT molecular complexity index is 488. The van der Waals surface area contributed by atoms with E-state index in [1.165, 1.54) is 16.8 Å². The summed E-state index contributed by atoms with van der Waals surface area (Å²) < 4.78 is 2.07. The van der Waals surface area contributed by atoms with Crippen LogP contribution in [0.15, 0.2) is 36.8 Å². The maximum absolute atomic E-state index is 4.17.